The molecule has 0 radical (unpaired) electrons. The lowest BCUT2D eigenvalue weighted by Crippen LogP contribution is -2.49. The van der Waals surface area contributed by atoms with Gasteiger partial charge in [-0.15, -0.1) is 0 Å². The van der Waals surface area contributed by atoms with E-state index >= 15 is 0 Å². The second-order valence-electron chi connectivity index (χ2n) is 10.1. The van der Waals surface area contributed by atoms with Gasteiger partial charge in [-0.2, -0.15) is 0 Å². The third kappa shape index (κ3) is 5.34. The number of fused-ring (bicyclic) bond motifs is 1. The van der Waals surface area contributed by atoms with Crippen LogP contribution in [0.1, 0.15) is 51.2 Å². The molecule has 1 saturated heterocycles. The molecule has 2 aliphatic rings. The van der Waals surface area contributed by atoms with Gasteiger partial charge in [-0.1, -0.05) is 53.5 Å². The number of rotatable bonds is 8. The van der Waals surface area contributed by atoms with Crippen LogP contribution >= 0.6 is 23.2 Å². The summed E-state index contributed by atoms with van der Waals surface area (Å²) in [5.41, 5.74) is 0.323. The minimum absolute atomic E-state index is 0.0555. The van der Waals surface area contributed by atoms with Crippen LogP contribution in [0.25, 0.3) is 0 Å². The first-order chi connectivity index (χ1) is 16.5. The van der Waals surface area contributed by atoms with Gasteiger partial charge >= 0.3 is 0 Å². The van der Waals surface area contributed by atoms with Crippen molar-refractivity contribution in [2.75, 3.05) is 6.61 Å². The van der Waals surface area contributed by atoms with E-state index in [2.05, 4.69) is 0 Å². The van der Waals surface area contributed by atoms with Gasteiger partial charge < -0.3 is 14.7 Å². The molecule has 2 aromatic carbocycles. The highest BCUT2D eigenvalue weighted by atomic mass is 35.5. The minimum Gasteiger partial charge on any atom is -0.390 e. The SMILES string of the molecule is CC(=O)C1C=C2C(=O)N(Cc3ccc(Cl)cc3)C(OCCC(C)(C)O)(c3ccc(Cl)cc3)C2CC1. The van der Waals surface area contributed by atoms with Gasteiger partial charge in [0.15, 0.2) is 5.72 Å². The molecule has 4 rings (SSSR count). The molecule has 0 bridgehead atoms. The van der Waals surface area contributed by atoms with E-state index in [9.17, 15) is 14.7 Å². The van der Waals surface area contributed by atoms with Gasteiger partial charge in [0.2, 0.25) is 0 Å². The van der Waals surface area contributed by atoms with Crippen LogP contribution in [-0.4, -0.2) is 33.9 Å². The largest absolute Gasteiger partial charge is 0.390 e. The zero-order valence-electron chi connectivity index (χ0n) is 20.3. The molecule has 0 spiro atoms. The average Bonchev–Trinajstić information content (AvgIpc) is 3.03. The molecular weight excluding hydrogens is 485 g/mol. The summed E-state index contributed by atoms with van der Waals surface area (Å²) in [6.45, 7) is 5.59. The highest BCUT2D eigenvalue weighted by Gasteiger charge is 2.58. The molecule has 1 aliphatic carbocycles. The summed E-state index contributed by atoms with van der Waals surface area (Å²) < 4.78 is 6.69. The highest BCUT2D eigenvalue weighted by Crippen LogP contribution is 2.53. The topological polar surface area (TPSA) is 66.8 Å². The number of carbonyl (C=O) groups excluding carboxylic acids is 2. The summed E-state index contributed by atoms with van der Waals surface area (Å²) in [7, 11) is 0. The van der Waals surface area contributed by atoms with Crippen molar-refractivity contribution >= 4 is 34.9 Å². The molecule has 35 heavy (non-hydrogen) atoms. The number of nitrogens with zero attached hydrogens (tertiary/aromatic N) is 1. The number of ether oxygens (including phenoxy) is 1. The Kier molecular flexibility index (Phi) is 7.44. The second-order valence-corrected chi connectivity index (χ2v) is 11.0. The number of ketones is 1. The van der Waals surface area contributed by atoms with E-state index in [1.54, 1.807) is 49.9 Å². The predicted molar refractivity (Wildman–Crippen MR) is 137 cm³/mol. The van der Waals surface area contributed by atoms with Gasteiger partial charge in [-0.25, -0.2) is 0 Å². The van der Waals surface area contributed by atoms with E-state index in [0.29, 0.717) is 41.4 Å². The fourth-order valence-electron chi connectivity index (χ4n) is 5.09. The number of hydrogen-bond acceptors (Lipinski definition) is 4. The number of halogens is 2. The summed E-state index contributed by atoms with van der Waals surface area (Å²) in [4.78, 5) is 27.9. The maximum absolute atomic E-state index is 14.0. The monoisotopic (exact) mass is 515 g/mol. The second kappa shape index (κ2) is 10.1. The first kappa shape index (κ1) is 25.9. The van der Waals surface area contributed by atoms with Crippen molar-refractivity contribution in [1.29, 1.82) is 0 Å². The van der Waals surface area contributed by atoms with Crippen LogP contribution in [0.15, 0.2) is 60.2 Å². The number of carbonyl (C=O) groups is 2. The van der Waals surface area contributed by atoms with Crippen LogP contribution in [0.3, 0.4) is 0 Å². The third-order valence-corrected chi connectivity index (χ3v) is 7.46. The maximum Gasteiger partial charge on any atom is 0.252 e. The smallest absolute Gasteiger partial charge is 0.252 e. The molecule has 186 valence electrons. The molecule has 3 atom stereocenters. The quantitative estimate of drug-likeness (QED) is 0.474. The molecular formula is C28H31Cl2NO4. The standard InChI is InChI=1S/C28H31Cl2NO4/c1-18(32)20-6-13-25-24(16-20)26(33)31(17-19-4-9-22(29)10-5-19)28(25,35-15-14-27(2,3)34)21-7-11-23(30)12-8-21/h4-5,7-12,16,20,25,34H,6,13-15,17H2,1-3H3. The summed E-state index contributed by atoms with van der Waals surface area (Å²) >= 11 is 12.3. The van der Waals surface area contributed by atoms with Crippen LogP contribution < -0.4 is 0 Å². The van der Waals surface area contributed by atoms with Crippen molar-refractivity contribution in [1.82, 2.24) is 4.90 Å². The van der Waals surface area contributed by atoms with Crippen molar-refractivity contribution in [2.24, 2.45) is 11.8 Å². The van der Waals surface area contributed by atoms with E-state index in [4.69, 9.17) is 27.9 Å². The Morgan fingerprint density at radius 1 is 1.09 bits per heavy atom. The Balaban J connectivity index is 1.85. The van der Waals surface area contributed by atoms with E-state index in [1.807, 2.05) is 30.3 Å². The van der Waals surface area contributed by atoms with E-state index < -0.39 is 11.3 Å². The molecule has 1 amide bonds. The lowest BCUT2D eigenvalue weighted by atomic mass is 9.76. The lowest BCUT2D eigenvalue weighted by molar-refractivity contribution is -0.187. The zero-order chi connectivity index (χ0) is 25.4. The molecule has 5 nitrogen and oxygen atoms in total. The summed E-state index contributed by atoms with van der Waals surface area (Å²) in [5.74, 6) is -0.630. The first-order valence-electron chi connectivity index (χ1n) is 11.9. The van der Waals surface area contributed by atoms with Crippen molar-refractivity contribution in [2.45, 2.75) is 57.9 Å². The summed E-state index contributed by atoms with van der Waals surface area (Å²) in [6.07, 6.45) is 3.51. The Morgan fingerprint density at radius 2 is 1.69 bits per heavy atom. The van der Waals surface area contributed by atoms with Gasteiger partial charge in [0.1, 0.15) is 5.78 Å². The summed E-state index contributed by atoms with van der Waals surface area (Å²) in [5, 5.41) is 11.6. The highest BCUT2D eigenvalue weighted by molar-refractivity contribution is 6.30. The van der Waals surface area contributed by atoms with Gasteiger partial charge in [0.25, 0.3) is 5.91 Å². The fraction of sp³-hybridized carbons (Fsp3) is 0.429. The number of hydrogen-bond donors (Lipinski definition) is 1. The van der Waals surface area contributed by atoms with Crippen molar-refractivity contribution in [3.8, 4) is 0 Å². The molecule has 1 fully saturated rings. The van der Waals surface area contributed by atoms with Gasteiger partial charge in [-0.3, -0.25) is 9.59 Å². The van der Waals surface area contributed by atoms with Crippen LogP contribution in [-0.2, 0) is 26.6 Å². The number of likely N-dealkylation sites (tertiary alicyclic amines) is 1. The Labute approximate surface area is 216 Å². The van der Waals surface area contributed by atoms with Crippen molar-refractivity contribution < 1.29 is 19.4 Å². The van der Waals surface area contributed by atoms with E-state index in [1.165, 1.54) is 0 Å². The van der Waals surface area contributed by atoms with Crippen LogP contribution in [0, 0.1) is 11.8 Å². The van der Waals surface area contributed by atoms with Crippen molar-refractivity contribution in [3.05, 3.63) is 81.4 Å². The fourth-order valence-corrected chi connectivity index (χ4v) is 5.34. The molecule has 1 N–H and O–H groups in total. The molecule has 0 aromatic heterocycles. The number of benzene rings is 2. The van der Waals surface area contributed by atoms with E-state index in [0.717, 1.165) is 11.1 Å². The molecule has 3 unspecified atom stereocenters. The number of Topliss-reactive ketones (excluding diaryl/α,β-unsaturated/α-hetero) is 1. The summed E-state index contributed by atoms with van der Waals surface area (Å²) in [6, 6.07) is 14.8. The molecule has 1 aliphatic heterocycles. The Bertz CT molecular complexity index is 1120. The first-order valence-corrected chi connectivity index (χ1v) is 12.7. The maximum atomic E-state index is 14.0. The molecule has 2 aromatic rings. The van der Waals surface area contributed by atoms with Crippen LogP contribution in [0.5, 0.6) is 0 Å². The van der Waals surface area contributed by atoms with Gasteiger partial charge in [0.05, 0.1) is 12.2 Å². The average molecular weight is 516 g/mol. The Morgan fingerprint density at radius 3 is 2.26 bits per heavy atom. The van der Waals surface area contributed by atoms with Crippen LogP contribution in [0.2, 0.25) is 10.0 Å². The molecule has 0 saturated carbocycles. The zero-order valence-corrected chi connectivity index (χ0v) is 21.8. The van der Waals surface area contributed by atoms with Crippen molar-refractivity contribution in [3.63, 3.8) is 0 Å². The molecule has 1 heterocycles. The lowest BCUT2D eigenvalue weighted by Gasteiger charge is -2.43. The van der Waals surface area contributed by atoms with Gasteiger partial charge in [0, 0.05) is 39.6 Å². The predicted octanol–water partition coefficient (Wildman–Crippen LogP) is 5.91. The number of allylic oxidation sites excluding steroid dienone is 1. The van der Waals surface area contributed by atoms with Gasteiger partial charge in [-0.05, 0) is 69.9 Å². The minimum atomic E-state index is -1.10. The number of amides is 1. The normalized spacial score (nSPS) is 24.3. The Hall–Kier alpha value is -2.18. The number of aliphatic hydroxyl groups is 1. The van der Waals surface area contributed by atoms with Crippen LogP contribution in [0.4, 0.5) is 0 Å². The third-order valence-electron chi connectivity index (χ3n) is 6.96. The van der Waals surface area contributed by atoms with E-state index in [-0.39, 0.29) is 30.1 Å². The molecule has 7 heteroatoms.